The monoisotopic (exact) mass is 490 g/mol. The van der Waals surface area contributed by atoms with E-state index in [0.29, 0.717) is 17.4 Å². The zero-order chi connectivity index (χ0) is 24.8. The highest BCUT2D eigenvalue weighted by Crippen LogP contribution is 2.32. The highest BCUT2D eigenvalue weighted by Gasteiger charge is 2.49. The number of alkyl halides is 3. The summed E-state index contributed by atoms with van der Waals surface area (Å²) in [6.07, 6.45) is 2.33. The van der Waals surface area contributed by atoms with Crippen molar-refractivity contribution in [2.45, 2.75) is 12.4 Å². The Bertz CT molecular complexity index is 1560. The van der Waals surface area contributed by atoms with Crippen molar-refractivity contribution in [3.8, 4) is 5.69 Å². The van der Waals surface area contributed by atoms with Gasteiger partial charge in [0.05, 0.1) is 16.8 Å². The van der Waals surface area contributed by atoms with E-state index in [4.69, 9.17) is 0 Å². The third kappa shape index (κ3) is 3.93. The van der Waals surface area contributed by atoms with Gasteiger partial charge in [0.15, 0.2) is 6.29 Å². The van der Waals surface area contributed by atoms with Crippen LogP contribution in [0.25, 0.3) is 27.4 Å². The highest BCUT2D eigenvalue weighted by molar-refractivity contribution is 7.87. The van der Waals surface area contributed by atoms with Crippen LogP contribution in [-0.2, 0) is 14.4 Å². The van der Waals surface area contributed by atoms with Gasteiger partial charge in [0.25, 0.3) is 5.91 Å². The second kappa shape index (κ2) is 8.26. The molecule has 0 aliphatic carbocycles. The lowest BCUT2D eigenvalue weighted by Gasteiger charge is -2.19. The fraction of sp³-hybridized carbons (Fsp3) is 0.130. The van der Waals surface area contributed by atoms with Gasteiger partial charge in [-0.15, -0.1) is 4.28 Å². The van der Waals surface area contributed by atoms with E-state index < -0.39 is 21.5 Å². The Morgan fingerprint density at radius 3 is 2.50 bits per heavy atom. The van der Waals surface area contributed by atoms with Gasteiger partial charge in [-0.05, 0) is 37.3 Å². The molecule has 11 heteroatoms. The van der Waals surface area contributed by atoms with Gasteiger partial charge in [-0.2, -0.15) is 21.6 Å². The van der Waals surface area contributed by atoms with Crippen molar-refractivity contribution in [3.05, 3.63) is 77.5 Å². The Labute approximate surface area is 192 Å². The van der Waals surface area contributed by atoms with Crippen LogP contribution in [-0.4, -0.2) is 42.8 Å². The first-order valence-corrected chi connectivity index (χ1v) is 11.2. The summed E-state index contributed by atoms with van der Waals surface area (Å²) in [5.74, 6) is -1.17. The zero-order valence-electron chi connectivity index (χ0n) is 17.8. The largest absolute Gasteiger partial charge is 0.525 e. The zero-order valence-corrected chi connectivity index (χ0v) is 18.6. The van der Waals surface area contributed by atoms with E-state index in [-0.39, 0.29) is 21.6 Å². The molecule has 176 valence electrons. The molecule has 4 aromatic rings. The average molecular weight is 490 g/mol. The molecule has 3 aromatic carbocycles. The summed E-state index contributed by atoms with van der Waals surface area (Å²) in [6, 6.07) is 15.3. The van der Waals surface area contributed by atoms with Crippen LogP contribution in [0.5, 0.6) is 0 Å². The third-order valence-electron chi connectivity index (χ3n) is 5.29. The Kier molecular flexibility index (Phi) is 5.70. The van der Waals surface area contributed by atoms with Gasteiger partial charge < -0.3 is 4.57 Å². The topological polar surface area (TPSA) is 85.7 Å². The summed E-state index contributed by atoms with van der Waals surface area (Å²) in [5.41, 5.74) is -3.28. The molecule has 0 bridgehead atoms. The number of fused-ring (bicyclic) bond motifs is 2. The number of nitrogens with zero attached hydrogens (tertiary/aromatic N) is 2. The molecule has 0 saturated carbocycles. The Morgan fingerprint density at radius 1 is 1.09 bits per heavy atom. The smallest absolute Gasteiger partial charge is 0.316 e. The summed E-state index contributed by atoms with van der Waals surface area (Å²) >= 11 is 0. The minimum atomic E-state index is -6.06. The number of carbonyl (C=O) groups is 2. The third-order valence-corrected chi connectivity index (χ3v) is 6.28. The molecule has 0 unspecified atom stereocenters. The maximum Gasteiger partial charge on any atom is 0.525 e. The molecule has 0 atom stereocenters. The lowest BCUT2D eigenvalue weighted by atomic mass is 9.97. The summed E-state index contributed by atoms with van der Waals surface area (Å²) in [7, 11) is -5.31. The van der Waals surface area contributed by atoms with E-state index in [0.717, 1.165) is 23.5 Å². The molecule has 0 N–H and O–H groups in total. The lowest BCUT2D eigenvalue weighted by molar-refractivity contribution is -0.0786. The average Bonchev–Trinajstić information content (AvgIpc) is 3.19. The molecule has 34 heavy (non-hydrogen) atoms. The molecule has 1 aromatic heterocycles. The molecule has 4 rings (SSSR count). The molecular formula is C23H17F3N2O5S. The van der Waals surface area contributed by atoms with Crippen molar-refractivity contribution in [1.29, 1.82) is 0 Å². The van der Waals surface area contributed by atoms with Crippen molar-refractivity contribution >= 4 is 44.0 Å². The summed E-state index contributed by atoms with van der Waals surface area (Å²) in [4.78, 5) is 24.7. The van der Waals surface area contributed by atoms with Gasteiger partial charge in [0.1, 0.15) is 0 Å². The van der Waals surface area contributed by atoms with Crippen LogP contribution in [0, 0.1) is 6.92 Å². The Balaban J connectivity index is 1.89. The van der Waals surface area contributed by atoms with Gasteiger partial charge in [-0.3, -0.25) is 9.59 Å². The summed E-state index contributed by atoms with van der Waals surface area (Å²) < 4.78 is 66.6. The molecule has 0 aliphatic rings. The highest BCUT2D eigenvalue weighted by atomic mass is 32.2. The van der Waals surface area contributed by atoms with Gasteiger partial charge in [-0.25, -0.2) is 5.06 Å². The maximum atomic E-state index is 12.9. The predicted molar refractivity (Wildman–Crippen MR) is 119 cm³/mol. The van der Waals surface area contributed by atoms with Crippen molar-refractivity contribution in [2.24, 2.45) is 0 Å². The van der Waals surface area contributed by atoms with E-state index in [1.165, 1.54) is 12.1 Å². The number of aldehydes is 1. The van der Waals surface area contributed by atoms with E-state index >= 15 is 0 Å². The first-order chi connectivity index (χ1) is 15.9. The summed E-state index contributed by atoms with van der Waals surface area (Å²) in [6.45, 7) is 1.96. The molecule has 0 saturated heterocycles. The molecule has 0 spiro atoms. The fourth-order valence-electron chi connectivity index (χ4n) is 3.77. The molecule has 0 aliphatic heterocycles. The molecule has 7 nitrogen and oxygen atoms in total. The molecule has 0 radical (unpaired) electrons. The second-order valence-electron chi connectivity index (χ2n) is 7.54. The number of aryl methyl sites for hydroxylation is 1. The van der Waals surface area contributed by atoms with Crippen molar-refractivity contribution in [1.82, 2.24) is 9.63 Å². The van der Waals surface area contributed by atoms with E-state index in [1.54, 1.807) is 18.2 Å². The molecular weight excluding hydrogens is 473 g/mol. The van der Waals surface area contributed by atoms with Crippen molar-refractivity contribution in [3.63, 3.8) is 0 Å². The van der Waals surface area contributed by atoms with Gasteiger partial charge in [-0.1, -0.05) is 29.8 Å². The van der Waals surface area contributed by atoms with Crippen molar-refractivity contribution in [2.75, 3.05) is 7.05 Å². The van der Waals surface area contributed by atoms with E-state index in [1.807, 2.05) is 42.0 Å². The normalized spacial score (nSPS) is 12.3. The molecule has 1 amide bonds. The number of hydroxylamine groups is 2. The Morgan fingerprint density at radius 2 is 1.82 bits per heavy atom. The van der Waals surface area contributed by atoms with Crippen LogP contribution < -0.4 is 0 Å². The van der Waals surface area contributed by atoms with Gasteiger partial charge >= 0.3 is 15.6 Å². The van der Waals surface area contributed by atoms with E-state index in [9.17, 15) is 31.2 Å². The van der Waals surface area contributed by atoms with Crippen molar-refractivity contribution < 1.29 is 35.5 Å². The minimum Gasteiger partial charge on any atom is -0.316 e. The Hall–Kier alpha value is -3.70. The summed E-state index contributed by atoms with van der Waals surface area (Å²) in [5, 5.41) is 1.55. The number of aromatic nitrogens is 1. The lowest BCUT2D eigenvalue weighted by Crippen LogP contribution is -2.36. The number of benzene rings is 3. The van der Waals surface area contributed by atoms with Gasteiger partial charge in [0, 0.05) is 35.0 Å². The minimum absolute atomic E-state index is 0.0211. The number of rotatable bonds is 5. The van der Waals surface area contributed by atoms with Crippen LogP contribution in [0.3, 0.4) is 0 Å². The number of amides is 1. The first kappa shape index (κ1) is 23.5. The van der Waals surface area contributed by atoms with Crippen LogP contribution in [0.15, 0.2) is 60.8 Å². The number of hydrogen-bond donors (Lipinski definition) is 0. The second-order valence-corrected chi connectivity index (χ2v) is 9.07. The van der Waals surface area contributed by atoms with Crippen LogP contribution >= 0.6 is 0 Å². The standard InChI is InChI=1S/C23H17F3N2O5S/c1-14-6-8-19-15(12-14)10-11-28(19)20-9-7-18(21-16(13-29)4-3-5-17(20)21)22(30)27(2)33-34(31,32)23(24,25)26/h3-13H,1-2H3. The predicted octanol–water partition coefficient (Wildman–Crippen LogP) is 4.76. The van der Waals surface area contributed by atoms with Crippen LogP contribution in [0.4, 0.5) is 13.2 Å². The van der Waals surface area contributed by atoms with E-state index in [2.05, 4.69) is 4.28 Å². The SMILES string of the molecule is Cc1ccc2c(ccn2-c2ccc(C(=O)N(C)OS(=O)(=O)C(F)(F)F)c3c(C=O)cccc23)c1. The number of carbonyl (C=O) groups excluding carboxylic acids is 2. The number of hydrogen-bond acceptors (Lipinski definition) is 5. The van der Waals surface area contributed by atoms with Crippen LogP contribution in [0.1, 0.15) is 26.3 Å². The van der Waals surface area contributed by atoms with Crippen LogP contribution in [0.2, 0.25) is 0 Å². The quantitative estimate of drug-likeness (QED) is 0.229. The number of halogens is 3. The molecule has 1 heterocycles. The molecule has 0 fully saturated rings. The maximum absolute atomic E-state index is 12.9. The fourth-order valence-corrected chi connectivity index (χ4v) is 4.22. The van der Waals surface area contributed by atoms with Gasteiger partial charge in [0.2, 0.25) is 0 Å². The first-order valence-electron chi connectivity index (χ1n) is 9.82.